The summed E-state index contributed by atoms with van der Waals surface area (Å²) in [5, 5.41) is 1.11. The first-order valence-electron chi connectivity index (χ1n) is 4.89. The van der Waals surface area contributed by atoms with E-state index in [2.05, 4.69) is 24.5 Å². The Hall–Kier alpha value is -2.02. The first-order chi connectivity index (χ1) is 7.45. The summed E-state index contributed by atoms with van der Waals surface area (Å²) in [5.41, 5.74) is 3.28. The normalized spacial score (nSPS) is 10.7. The number of benzene rings is 2. The SMILES string of the molecule is [c]1cc2c(-c3ccccc3)cccc2o1. The molecule has 1 nitrogen and oxygen atoms in total. The summed E-state index contributed by atoms with van der Waals surface area (Å²) in [6.07, 6.45) is 2.77. The molecule has 71 valence electrons. The summed E-state index contributed by atoms with van der Waals surface area (Å²) in [6, 6.07) is 18.2. The molecule has 0 saturated heterocycles. The molecule has 1 aromatic heterocycles. The summed E-state index contributed by atoms with van der Waals surface area (Å²) in [5.74, 6) is 0. The Balaban J connectivity index is 2.31. The van der Waals surface area contributed by atoms with E-state index >= 15 is 0 Å². The molecule has 1 radical (unpaired) electrons. The number of furan rings is 1. The zero-order chi connectivity index (χ0) is 10.1. The lowest BCUT2D eigenvalue weighted by Gasteiger charge is -2.01. The Kier molecular flexibility index (Phi) is 1.82. The van der Waals surface area contributed by atoms with Crippen LogP contribution in [0.5, 0.6) is 0 Å². The predicted molar refractivity (Wildman–Crippen MR) is 60.5 cm³/mol. The van der Waals surface area contributed by atoms with Gasteiger partial charge in [-0.15, -0.1) is 0 Å². The zero-order valence-electron chi connectivity index (χ0n) is 8.10. The Morgan fingerprint density at radius 1 is 0.867 bits per heavy atom. The fraction of sp³-hybridized carbons (Fsp3) is 0. The van der Waals surface area contributed by atoms with Crippen molar-refractivity contribution < 1.29 is 4.42 Å². The molecule has 0 saturated carbocycles. The van der Waals surface area contributed by atoms with Gasteiger partial charge in [0.2, 0.25) is 0 Å². The topological polar surface area (TPSA) is 13.1 Å². The molecule has 3 rings (SSSR count). The fourth-order valence-electron chi connectivity index (χ4n) is 1.80. The number of rotatable bonds is 1. The van der Waals surface area contributed by atoms with Gasteiger partial charge in [0.25, 0.3) is 0 Å². The summed E-state index contributed by atoms with van der Waals surface area (Å²) in [4.78, 5) is 0. The van der Waals surface area contributed by atoms with E-state index in [1.165, 1.54) is 11.1 Å². The molecule has 1 heterocycles. The molecular formula is C14H9O. The second-order valence-electron chi connectivity index (χ2n) is 3.45. The van der Waals surface area contributed by atoms with Crippen LogP contribution in [0.25, 0.3) is 22.1 Å². The third kappa shape index (κ3) is 1.33. The van der Waals surface area contributed by atoms with E-state index in [9.17, 15) is 0 Å². The van der Waals surface area contributed by atoms with Crippen LogP contribution < -0.4 is 0 Å². The van der Waals surface area contributed by atoms with E-state index in [4.69, 9.17) is 4.42 Å². The van der Waals surface area contributed by atoms with Crippen LogP contribution in [-0.4, -0.2) is 0 Å². The number of fused-ring (bicyclic) bond motifs is 1. The van der Waals surface area contributed by atoms with Crippen molar-refractivity contribution in [2.45, 2.75) is 0 Å². The van der Waals surface area contributed by atoms with Crippen molar-refractivity contribution >= 4 is 11.0 Å². The Morgan fingerprint density at radius 3 is 2.60 bits per heavy atom. The maximum Gasteiger partial charge on any atom is 0.170 e. The molecule has 0 N–H and O–H groups in total. The van der Waals surface area contributed by atoms with E-state index in [0.717, 1.165) is 11.0 Å². The molecule has 0 spiro atoms. The van der Waals surface area contributed by atoms with Gasteiger partial charge in [-0.25, -0.2) is 0 Å². The molecule has 0 aliphatic carbocycles. The van der Waals surface area contributed by atoms with Gasteiger partial charge in [-0.3, -0.25) is 0 Å². The summed E-state index contributed by atoms with van der Waals surface area (Å²) < 4.78 is 5.26. The summed E-state index contributed by atoms with van der Waals surface area (Å²) >= 11 is 0. The van der Waals surface area contributed by atoms with Crippen molar-refractivity contribution in [3.8, 4) is 11.1 Å². The lowest BCUT2D eigenvalue weighted by Crippen LogP contribution is -1.76. The molecule has 1 heteroatoms. The van der Waals surface area contributed by atoms with Crippen molar-refractivity contribution in [2.24, 2.45) is 0 Å². The molecule has 3 aromatic rings. The molecule has 2 aromatic carbocycles. The fourth-order valence-corrected chi connectivity index (χ4v) is 1.80. The Labute approximate surface area is 88.0 Å². The van der Waals surface area contributed by atoms with E-state index in [1.54, 1.807) is 0 Å². The number of hydrogen-bond acceptors (Lipinski definition) is 1. The van der Waals surface area contributed by atoms with Gasteiger partial charge in [0, 0.05) is 5.39 Å². The van der Waals surface area contributed by atoms with E-state index in [-0.39, 0.29) is 0 Å². The van der Waals surface area contributed by atoms with Gasteiger partial charge < -0.3 is 4.42 Å². The van der Waals surface area contributed by atoms with Crippen molar-refractivity contribution in [3.05, 3.63) is 60.9 Å². The zero-order valence-corrected chi connectivity index (χ0v) is 8.10. The van der Waals surface area contributed by atoms with Crippen molar-refractivity contribution in [1.82, 2.24) is 0 Å². The van der Waals surface area contributed by atoms with Gasteiger partial charge in [-0.05, 0) is 23.3 Å². The molecule has 15 heavy (non-hydrogen) atoms. The summed E-state index contributed by atoms with van der Waals surface area (Å²) in [6.45, 7) is 0. The highest BCUT2D eigenvalue weighted by atomic mass is 16.3. The minimum absolute atomic E-state index is 0.886. The molecule has 0 bridgehead atoms. The van der Waals surface area contributed by atoms with Crippen LogP contribution >= 0.6 is 0 Å². The average molecular weight is 193 g/mol. The first kappa shape index (κ1) is 8.30. The third-order valence-electron chi connectivity index (χ3n) is 2.52. The van der Waals surface area contributed by atoms with Gasteiger partial charge in [0.05, 0.1) is 0 Å². The molecule has 0 unspecified atom stereocenters. The van der Waals surface area contributed by atoms with Gasteiger partial charge in [0.15, 0.2) is 6.26 Å². The highest BCUT2D eigenvalue weighted by molar-refractivity contribution is 5.93. The maximum absolute atomic E-state index is 5.26. The second kappa shape index (κ2) is 3.28. The van der Waals surface area contributed by atoms with Crippen LogP contribution in [0, 0.1) is 6.26 Å². The van der Waals surface area contributed by atoms with Crippen LogP contribution in [0.3, 0.4) is 0 Å². The molecule has 0 fully saturated rings. The first-order valence-corrected chi connectivity index (χ1v) is 4.89. The van der Waals surface area contributed by atoms with Crippen LogP contribution in [0.2, 0.25) is 0 Å². The van der Waals surface area contributed by atoms with Gasteiger partial charge in [-0.1, -0.05) is 42.5 Å². The second-order valence-corrected chi connectivity index (χ2v) is 3.45. The molecule has 0 aliphatic heterocycles. The predicted octanol–water partition coefficient (Wildman–Crippen LogP) is 3.90. The maximum atomic E-state index is 5.26. The lowest BCUT2D eigenvalue weighted by atomic mass is 10.0. The largest absolute Gasteiger partial charge is 0.453 e. The van der Waals surface area contributed by atoms with Gasteiger partial charge >= 0.3 is 0 Å². The van der Waals surface area contributed by atoms with Crippen LogP contribution in [0.1, 0.15) is 0 Å². The van der Waals surface area contributed by atoms with Crippen molar-refractivity contribution in [3.63, 3.8) is 0 Å². The van der Waals surface area contributed by atoms with E-state index in [1.807, 2.05) is 36.4 Å². The van der Waals surface area contributed by atoms with E-state index < -0.39 is 0 Å². The highest BCUT2D eigenvalue weighted by Gasteiger charge is 2.04. The minimum atomic E-state index is 0.886. The monoisotopic (exact) mass is 193 g/mol. The number of hydrogen-bond donors (Lipinski definition) is 0. The van der Waals surface area contributed by atoms with Gasteiger partial charge in [0.1, 0.15) is 5.58 Å². The molecule has 0 amide bonds. The Morgan fingerprint density at radius 2 is 1.73 bits per heavy atom. The van der Waals surface area contributed by atoms with Crippen LogP contribution in [-0.2, 0) is 0 Å². The molecule has 0 atom stereocenters. The molecular weight excluding hydrogens is 184 g/mol. The van der Waals surface area contributed by atoms with Crippen LogP contribution in [0.15, 0.2) is 59.0 Å². The van der Waals surface area contributed by atoms with Crippen molar-refractivity contribution in [1.29, 1.82) is 0 Å². The van der Waals surface area contributed by atoms with E-state index in [0.29, 0.717) is 0 Å². The standard InChI is InChI=1S/C14H9O/c1-2-5-11(6-3-1)12-7-4-8-14-13(12)9-10-15-14/h1-9H. The highest BCUT2D eigenvalue weighted by Crippen LogP contribution is 2.28. The minimum Gasteiger partial charge on any atom is -0.453 e. The smallest absolute Gasteiger partial charge is 0.170 e. The molecule has 0 aliphatic rings. The Bertz CT molecular complexity index is 578. The lowest BCUT2D eigenvalue weighted by molar-refractivity contribution is 0.606. The van der Waals surface area contributed by atoms with Crippen molar-refractivity contribution in [2.75, 3.05) is 0 Å². The average Bonchev–Trinajstić information content (AvgIpc) is 2.78. The quantitative estimate of drug-likeness (QED) is 0.571. The van der Waals surface area contributed by atoms with Crippen LogP contribution in [0.4, 0.5) is 0 Å². The van der Waals surface area contributed by atoms with Gasteiger partial charge in [-0.2, -0.15) is 0 Å². The third-order valence-corrected chi connectivity index (χ3v) is 2.52. The summed E-state index contributed by atoms with van der Waals surface area (Å²) in [7, 11) is 0.